The molecule has 1 atom stereocenters. The SMILES string of the molecule is COc1ccnc(N2CCN(C(=O)[C@H]3CCN(C)C(=O)C3)CC2)n1. The van der Waals surface area contributed by atoms with Gasteiger partial charge in [0.1, 0.15) is 0 Å². The van der Waals surface area contributed by atoms with E-state index in [0.717, 1.165) is 6.42 Å². The van der Waals surface area contributed by atoms with Gasteiger partial charge in [0, 0.05) is 64.4 Å². The Bertz CT molecular complexity index is 615. The summed E-state index contributed by atoms with van der Waals surface area (Å²) >= 11 is 0. The van der Waals surface area contributed by atoms with Crippen LogP contribution < -0.4 is 9.64 Å². The van der Waals surface area contributed by atoms with Crippen LogP contribution >= 0.6 is 0 Å². The van der Waals surface area contributed by atoms with E-state index < -0.39 is 0 Å². The molecule has 0 bridgehead atoms. The maximum Gasteiger partial charge on any atom is 0.228 e. The molecular formula is C16H23N5O3. The average molecular weight is 333 g/mol. The number of methoxy groups -OCH3 is 1. The van der Waals surface area contributed by atoms with Crippen molar-refractivity contribution in [2.45, 2.75) is 12.8 Å². The van der Waals surface area contributed by atoms with E-state index in [4.69, 9.17) is 4.74 Å². The molecule has 2 aliphatic heterocycles. The van der Waals surface area contributed by atoms with Crippen LogP contribution in [0.3, 0.4) is 0 Å². The minimum Gasteiger partial charge on any atom is -0.481 e. The lowest BCUT2D eigenvalue weighted by Gasteiger charge is -2.37. The Morgan fingerprint density at radius 1 is 1.25 bits per heavy atom. The second-order valence-electron chi connectivity index (χ2n) is 6.22. The van der Waals surface area contributed by atoms with Crippen LogP contribution in [0, 0.1) is 5.92 Å². The summed E-state index contributed by atoms with van der Waals surface area (Å²) < 4.78 is 5.12. The van der Waals surface area contributed by atoms with Gasteiger partial charge >= 0.3 is 0 Å². The first-order chi connectivity index (χ1) is 11.6. The summed E-state index contributed by atoms with van der Waals surface area (Å²) in [6, 6.07) is 1.71. The Morgan fingerprint density at radius 3 is 2.67 bits per heavy atom. The molecule has 0 aliphatic carbocycles. The van der Waals surface area contributed by atoms with Gasteiger partial charge < -0.3 is 19.4 Å². The van der Waals surface area contributed by atoms with Crippen molar-refractivity contribution >= 4 is 17.8 Å². The molecule has 0 unspecified atom stereocenters. The largest absolute Gasteiger partial charge is 0.481 e. The van der Waals surface area contributed by atoms with Crippen molar-refractivity contribution in [3.05, 3.63) is 12.3 Å². The third-order valence-corrected chi connectivity index (χ3v) is 4.71. The summed E-state index contributed by atoms with van der Waals surface area (Å²) in [5.74, 6) is 1.14. The Morgan fingerprint density at radius 2 is 2.00 bits per heavy atom. The fourth-order valence-corrected chi connectivity index (χ4v) is 3.14. The number of piperazine rings is 1. The lowest BCUT2D eigenvalue weighted by atomic mass is 9.94. The summed E-state index contributed by atoms with van der Waals surface area (Å²) in [7, 11) is 3.36. The van der Waals surface area contributed by atoms with E-state index in [2.05, 4.69) is 9.97 Å². The third-order valence-electron chi connectivity index (χ3n) is 4.71. The van der Waals surface area contributed by atoms with E-state index >= 15 is 0 Å². The van der Waals surface area contributed by atoms with Crippen LogP contribution in [0.5, 0.6) is 5.88 Å². The first kappa shape index (κ1) is 16.5. The first-order valence-corrected chi connectivity index (χ1v) is 8.23. The van der Waals surface area contributed by atoms with Crippen LogP contribution in [0.25, 0.3) is 0 Å². The standard InChI is InChI=1S/C16H23N5O3/c1-19-6-4-12(11-14(19)22)15(23)20-7-9-21(10-8-20)16-17-5-3-13(18-16)24-2/h3,5,12H,4,6-11H2,1-2H3/t12-/m0/s1. The van der Waals surface area contributed by atoms with Gasteiger partial charge in [-0.15, -0.1) is 0 Å². The molecule has 130 valence electrons. The molecule has 2 fully saturated rings. The van der Waals surface area contributed by atoms with Gasteiger partial charge in [0.25, 0.3) is 0 Å². The fraction of sp³-hybridized carbons (Fsp3) is 0.625. The summed E-state index contributed by atoms with van der Waals surface area (Å²) in [4.78, 5) is 38.6. The number of carbonyl (C=O) groups is 2. The van der Waals surface area contributed by atoms with Crippen molar-refractivity contribution in [2.24, 2.45) is 5.92 Å². The Kier molecular flexibility index (Phi) is 4.82. The molecule has 2 aliphatic rings. The Labute approximate surface area is 141 Å². The number of aromatic nitrogens is 2. The predicted octanol–water partition coefficient (Wildman–Crippen LogP) is 0.00220. The number of ether oxygens (including phenoxy) is 1. The highest BCUT2D eigenvalue weighted by Crippen LogP contribution is 2.21. The highest BCUT2D eigenvalue weighted by atomic mass is 16.5. The van der Waals surface area contributed by atoms with Crippen molar-refractivity contribution in [1.82, 2.24) is 19.8 Å². The highest BCUT2D eigenvalue weighted by molar-refractivity contribution is 5.87. The van der Waals surface area contributed by atoms with Crippen LogP contribution in [-0.4, -0.2) is 78.5 Å². The van der Waals surface area contributed by atoms with E-state index in [-0.39, 0.29) is 17.7 Å². The molecule has 2 saturated heterocycles. The second kappa shape index (κ2) is 7.02. The fourth-order valence-electron chi connectivity index (χ4n) is 3.14. The molecule has 8 nitrogen and oxygen atoms in total. The van der Waals surface area contributed by atoms with Gasteiger partial charge in [0.2, 0.25) is 23.6 Å². The monoisotopic (exact) mass is 333 g/mol. The lowest BCUT2D eigenvalue weighted by Crippen LogP contribution is -2.52. The van der Waals surface area contributed by atoms with Crippen molar-refractivity contribution < 1.29 is 14.3 Å². The molecule has 24 heavy (non-hydrogen) atoms. The average Bonchev–Trinajstić information content (AvgIpc) is 2.63. The van der Waals surface area contributed by atoms with Crippen molar-refractivity contribution in [2.75, 3.05) is 51.8 Å². The second-order valence-corrected chi connectivity index (χ2v) is 6.22. The molecule has 1 aromatic heterocycles. The highest BCUT2D eigenvalue weighted by Gasteiger charge is 2.33. The normalized spacial score (nSPS) is 21.8. The van der Waals surface area contributed by atoms with Crippen LogP contribution in [0.2, 0.25) is 0 Å². The number of hydrogen-bond acceptors (Lipinski definition) is 6. The molecular weight excluding hydrogens is 310 g/mol. The van der Waals surface area contributed by atoms with Gasteiger partial charge in [0.15, 0.2) is 0 Å². The van der Waals surface area contributed by atoms with E-state index in [0.29, 0.717) is 51.0 Å². The summed E-state index contributed by atoms with van der Waals surface area (Å²) in [6.45, 7) is 3.27. The Balaban J connectivity index is 1.56. The third kappa shape index (κ3) is 3.42. The molecule has 0 aromatic carbocycles. The predicted molar refractivity (Wildman–Crippen MR) is 87.7 cm³/mol. The number of amides is 2. The van der Waals surface area contributed by atoms with Gasteiger partial charge in [-0.3, -0.25) is 9.59 Å². The molecule has 3 rings (SSSR count). The smallest absolute Gasteiger partial charge is 0.228 e. The molecule has 0 spiro atoms. The van der Waals surface area contributed by atoms with Gasteiger partial charge in [-0.2, -0.15) is 4.98 Å². The van der Waals surface area contributed by atoms with Gasteiger partial charge in [-0.25, -0.2) is 4.98 Å². The minimum atomic E-state index is -0.173. The number of likely N-dealkylation sites (tertiary alicyclic amines) is 1. The number of hydrogen-bond donors (Lipinski definition) is 0. The van der Waals surface area contributed by atoms with Crippen molar-refractivity contribution in [3.8, 4) is 5.88 Å². The van der Waals surface area contributed by atoms with E-state index in [1.165, 1.54) is 0 Å². The number of nitrogens with zero attached hydrogens (tertiary/aromatic N) is 5. The Hall–Kier alpha value is -2.38. The molecule has 0 radical (unpaired) electrons. The molecule has 3 heterocycles. The number of piperidine rings is 1. The van der Waals surface area contributed by atoms with E-state index in [1.807, 2.05) is 9.80 Å². The van der Waals surface area contributed by atoms with Gasteiger partial charge in [-0.1, -0.05) is 0 Å². The first-order valence-electron chi connectivity index (χ1n) is 8.23. The molecule has 1 aromatic rings. The summed E-state index contributed by atoms with van der Waals surface area (Å²) in [6.07, 6.45) is 2.75. The van der Waals surface area contributed by atoms with Crippen molar-refractivity contribution in [1.29, 1.82) is 0 Å². The van der Waals surface area contributed by atoms with Crippen LogP contribution in [-0.2, 0) is 9.59 Å². The zero-order valence-electron chi connectivity index (χ0n) is 14.1. The maximum atomic E-state index is 12.6. The minimum absolute atomic E-state index is 0.0583. The quantitative estimate of drug-likeness (QED) is 0.775. The number of anilines is 1. The maximum absolute atomic E-state index is 12.6. The zero-order valence-corrected chi connectivity index (χ0v) is 14.1. The zero-order chi connectivity index (χ0) is 17.1. The topological polar surface area (TPSA) is 78.9 Å². The van der Waals surface area contributed by atoms with E-state index in [9.17, 15) is 9.59 Å². The van der Waals surface area contributed by atoms with Crippen LogP contribution in [0.1, 0.15) is 12.8 Å². The molecule has 0 saturated carbocycles. The van der Waals surface area contributed by atoms with Gasteiger partial charge in [-0.05, 0) is 6.42 Å². The van der Waals surface area contributed by atoms with Crippen LogP contribution in [0.4, 0.5) is 5.95 Å². The summed E-state index contributed by atoms with van der Waals surface area (Å²) in [5, 5.41) is 0. The lowest BCUT2D eigenvalue weighted by molar-refractivity contribution is -0.144. The molecule has 0 N–H and O–H groups in total. The van der Waals surface area contributed by atoms with E-state index in [1.54, 1.807) is 31.3 Å². The number of rotatable bonds is 3. The number of carbonyl (C=O) groups excluding carboxylic acids is 2. The summed E-state index contributed by atoms with van der Waals surface area (Å²) in [5.41, 5.74) is 0. The van der Waals surface area contributed by atoms with Crippen LogP contribution in [0.15, 0.2) is 12.3 Å². The molecule has 8 heteroatoms. The van der Waals surface area contributed by atoms with Crippen molar-refractivity contribution in [3.63, 3.8) is 0 Å². The van der Waals surface area contributed by atoms with Gasteiger partial charge in [0.05, 0.1) is 7.11 Å². The molecule has 2 amide bonds.